The van der Waals surface area contributed by atoms with Crippen molar-refractivity contribution in [3.05, 3.63) is 35.5 Å². The van der Waals surface area contributed by atoms with Gasteiger partial charge < -0.3 is 5.32 Å². The van der Waals surface area contributed by atoms with Crippen LogP contribution in [-0.2, 0) is 0 Å². The number of rotatable bonds is 2. The van der Waals surface area contributed by atoms with Gasteiger partial charge in [0.25, 0.3) is 0 Å². The van der Waals surface area contributed by atoms with Gasteiger partial charge >= 0.3 is 0 Å². The van der Waals surface area contributed by atoms with Crippen LogP contribution in [-0.4, -0.2) is 22.0 Å². The maximum atomic E-state index is 4.61. The van der Waals surface area contributed by atoms with E-state index in [1.54, 1.807) is 17.5 Å². The smallest absolute Gasteiger partial charge is 0.163 e. The zero-order valence-corrected chi connectivity index (χ0v) is 11.0. The largest absolute Gasteiger partial charge is 0.372 e. The highest BCUT2D eigenvalue weighted by Crippen LogP contribution is 2.28. The van der Waals surface area contributed by atoms with E-state index in [-0.39, 0.29) is 0 Å². The average Bonchev–Trinajstić information content (AvgIpc) is 2.86. The minimum atomic E-state index is 0.745. The Labute approximate surface area is 109 Å². The maximum Gasteiger partial charge on any atom is 0.163 e. The van der Waals surface area contributed by atoms with Crippen molar-refractivity contribution in [3.8, 4) is 11.4 Å². The van der Waals surface area contributed by atoms with Crippen LogP contribution in [0.25, 0.3) is 21.6 Å². The van der Waals surface area contributed by atoms with E-state index in [1.807, 2.05) is 37.7 Å². The minimum absolute atomic E-state index is 0.745. The number of aryl methyl sites for hydroxylation is 1. The van der Waals surface area contributed by atoms with Gasteiger partial charge in [-0.15, -0.1) is 11.3 Å². The van der Waals surface area contributed by atoms with Crippen molar-refractivity contribution in [2.45, 2.75) is 6.92 Å². The van der Waals surface area contributed by atoms with E-state index in [1.165, 1.54) is 0 Å². The molecule has 3 aromatic rings. The topological polar surface area (TPSA) is 50.7 Å². The molecule has 0 amide bonds. The Morgan fingerprint density at radius 1 is 1.22 bits per heavy atom. The number of aromatic nitrogens is 3. The molecule has 90 valence electrons. The van der Waals surface area contributed by atoms with Crippen molar-refractivity contribution in [2.24, 2.45) is 0 Å². The lowest BCUT2D eigenvalue weighted by Gasteiger charge is -2.07. The molecule has 0 aliphatic heterocycles. The molecular formula is C13H12N4S. The van der Waals surface area contributed by atoms with Gasteiger partial charge in [-0.05, 0) is 30.0 Å². The first-order valence-electron chi connectivity index (χ1n) is 5.63. The first-order chi connectivity index (χ1) is 8.79. The van der Waals surface area contributed by atoms with E-state index in [0.717, 1.165) is 33.0 Å². The van der Waals surface area contributed by atoms with E-state index in [2.05, 4.69) is 20.3 Å². The highest BCUT2D eigenvalue weighted by molar-refractivity contribution is 7.16. The molecule has 0 fully saturated rings. The fourth-order valence-corrected chi connectivity index (χ4v) is 2.65. The van der Waals surface area contributed by atoms with E-state index >= 15 is 0 Å². The molecule has 3 aromatic heterocycles. The monoisotopic (exact) mass is 256 g/mol. The highest BCUT2D eigenvalue weighted by atomic mass is 32.1. The normalized spacial score (nSPS) is 10.8. The van der Waals surface area contributed by atoms with Gasteiger partial charge in [0, 0.05) is 25.0 Å². The number of pyridine rings is 1. The number of anilines is 1. The van der Waals surface area contributed by atoms with Crippen LogP contribution in [0.15, 0.2) is 29.9 Å². The van der Waals surface area contributed by atoms with Crippen molar-refractivity contribution < 1.29 is 0 Å². The Kier molecular flexibility index (Phi) is 2.68. The van der Waals surface area contributed by atoms with E-state index in [0.29, 0.717) is 0 Å². The molecule has 5 heteroatoms. The molecule has 0 saturated heterocycles. The van der Waals surface area contributed by atoms with E-state index in [9.17, 15) is 0 Å². The van der Waals surface area contributed by atoms with E-state index in [4.69, 9.17) is 0 Å². The number of nitrogens with one attached hydrogen (secondary N) is 1. The van der Waals surface area contributed by atoms with Crippen molar-refractivity contribution in [2.75, 3.05) is 12.4 Å². The zero-order chi connectivity index (χ0) is 12.5. The molecule has 0 spiro atoms. The van der Waals surface area contributed by atoms with Gasteiger partial charge in [0.1, 0.15) is 10.6 Å². The van der Waals surface area contributed by atoms with Crippen LogP contribution >= 0.6 is 11.3 Å². The molecule has 3 heterocycles. The Bertz CT molecular complexity index is 705. The van der Waals surface area contributed by atoms with Crippen LogP contribution < -0.4 is 5.32 Å². The molecule has 0 aliphatic rings. The number of thiophene rings is 1. The summed E-state index contributed by atoms with van der Waals surface area (Å²) in [6.07, 6.45) is 3.60. The number of hydrogen-bond donors (Lipinski definition) is 1. The third-order valence-electron chi connectivity index (χ3n) is 2.82. The predicted molar refractivity (Wildman–Crippen MR) is 74.9 cm³/mol. The Balaban J connectivity index is 2.27. The van der Waals surface area contributed by atoms with Crippen LogP contribution in [0.2, 0.25) is 0 Å². The first-order valence-corrected chi connectivity index (χ1v) is 6.51. The minimum Gasteiger partial charge on any atom is -0.372 e. The van der Waals surface area contributed by atoms with Gasteiger partial charge in [0.05, 0.1) is 5.39 Å². The van der Waals surface area contributed by atoms with Crippen LogP contribution in [0.3, 0.4) is 0 Å². The van der Waals surface area contributed by atoms with Crippen molar-refractivity contribution in [1.82, 2.24) is 15.0 Å². The second-order valence-corrected chi connectivity index (χ2v) is 4.87. The summed E-state index contributed by atoms with van der Waals surface area (Å²) in [4.78, 5) is 14.3. The molecule has 0 unspecified atom stereocenters. The third-order valence-corrected chi connectivity index (χ3v) is 3.63. The van der Waals surface area contributed by atoms with Gasteiger partial charge in [-0.3, -0.25) is 4.98 Å². The quantitative estimate of drug-likeness (QED) is 0.765. The predicted octanol–water partition coefficient (Wildman–Crippen LogP) is 3.10. The Hall–Kier alpha value is -2.01. The summed E-state index contributed by atoms with van der Waals surface area (Å²) in [7, 11) is 1.88. The molecule has 0 aliphatic carbocycles. The third kappa shape index (κ3) is 1.73. The molecule has 1 N–H and O–H groups in total. The Morgan fingerprint density at radius 3 is 2.89 bits per heavy atom. The van der Waals surface area contributed by atoms with Crippen LogP contribution in [0.5, 0.6) is 0 Å². The molecule has 0 saturated carbocycles. The molecule has 0 bridgehead atoms. The van der Waals surface area contributed by atoms with Crippen molar-refractivity contribution in [3.63, 3.8) is 0 Å². The lowest BCUT2D eigenvalue weighted by Crippen LogP contribution is -1.98. The SMILES string of the molecule is CNc1nc(-c2ccncc2C)nc2sccc12. The fourth-order valence-electron chi connectivity index (χ4n) is 1.89. The molecular weight excluding hydrogens is 244 g/mol. The Morgan fingerprint density at radius 2 is 2.11 bits per heavy atom. The molecule has 0 aromatic carbocycles. The molecule has 0 radical (unpaired) electrons. The highest BCUT2D eigenvalue weighted by Gasteiger charge is 2.10. The van der Waals surface area contributed by atoms with Gasteiger partial charge in [-0.1, -0.05) is 0 Å². The van der Waals surface area contributed by atoms with Crippen molar-refractivity contribution >= 4 is 27.4 Å². The maximum absolute atomic E-state index is 4.61. The summed E-state index contributed by atoms with van der Waals surface area (Å²) in [5.41, 5.74) is 2.10. The van der Waals surface area contributed by atoms with E-state index < -0.39 is 0 Å². The van der Waals surface area contributed by atoms with Gasteiger partial charge in [0.15, 0.2) is 5.82 Å². The summed E-state index contributed by atoms with van der Waals surface area (Å²) in [5.74, 6) is 1.61. The molecule has 3 rings (SSSR count). The standard InChI is InChI=1S/C13H12N4S/c1-8-7-15-5-3-9(8)12-16-11(14-2)10-4-6-18-13(10)17-12/h3-7H,1-2H3,(H,14,16,17). The zero-order valence-electron chi connectivity index (χ0n) is 10.1. The average molecular weight is 256 g/mol. The molecule has 18 heavy (non-hydrogen) atoms. The lowest BCUT2D eigenvalue weighted by atomic mass is 10.1. The van der Waals surface area contributed by atoms with Gasteiger partial charge in [-0.25, -0.2) is 9.97 Å². The summed E-state index contributed by atoms with van der Waals surface area (Å²) >= 11 is 1.62. The number of fused-ring (bicyclic) bond motifs is 1. The summed E-state index contributed by atoms with van der Waals surface area (Å²) in [6.45, 7) is 2.02. The second kappa shape index (κ2) is 4.34. The molecule has 4 nitrogen and oxygen atoms in total. The number of nitrogens with zero attached hydrogens (tertiary/aromatic N) is 3. The van der Waals surface area contributed by atoms with Crippen molar-refractivity contribution in [1.29, 1.82) is 0 Å². The number of hydrogen-bond acceptors (Lipinski definition) is 5. The fraction of sp³-hybridized carbons (Fsp3) is 0.154. The molecule has 0 atom stereocenters. The summed E-state index contributed by atoms with van der Waals surface area (Å²) < 4.78 is 0. The first kappa shape index (κ1) is 11.1. The lowest BCUT2D eigenvalue weighted by molar-refractivity contribution is 1.19. The summed E-state index contributed by atoms with van der Waals surface area (Å²) in [5, 5.41) is 6.22. The van der Waals surface area contributed by atoms with Gasteiger partial charge in [-0.2, -0.15) is 0 Å². The van der Waals surface area contributed by atoms with Crippen LogP contribution in [0, 0.1) is 6.92 Å². The van der Waals surface area contributed by atoms with Gasteiger partial charge in [0.2, 0.25) is 0 Å². The van der Waals surface area contributed by atoms with Crippen LogP contribution in [0.4, 0.5) is 5.82 Å². The second-order valence-electron chi connectivity index (χ2n) is 3.98. The van der Waals surface area contributed by atoms with Crippen LogP contribution in [0.1, 0.15) is 5.56 Å². The summed E-state index contributed by atoms with van der Waals surface area (Å²) in [6, 6.07) is 3.98.